The fourth-order valence-corrected chi connectivity index (χ4v) is 2.79. The van der Waals surface area contributed by atoms with Crippen molar-refractivity contribution >= 4 is 23.0 Å². The van der Waals surface area contributed by atoms with Crippen LogP contribution in [0.5, 0.6) is 0 Å². The Labute approximate surface area is 144 Å². The van der Waals surface area contributed by atoms with E-state index in [-0.39, 0.29) is 6.04 Å². The summed E-state index contributed by atoms with van der Waals surface area (Å²) in [6.45, 7) is 5.13. The molecule has 0 saturated heterocycles. The first-order valence-corrected chi connectivity index (χ1v) is 8.35. The molecule has 3 N–H and O–H groups in total. The second-order valence-electron chi connectivity index (χ2n) is 6.29. The number of benzene rings is 2. The summed E-state index contributed by atoms with van der Waals surface area (Å²) in [6.07, 6.45) is 0. The van der Waals surface area contributed by atoms with Crippen LogP contribution in [0.3, 0.4) is 0 Å². The Morgan fingerprint density at radius 2 is 1.78 bits per heavy atom. The molecule has 0 aliphatic carbocycles. The molecule has 0 amide bonds. The smallest absolute Gasteiger partial charge is 0.171 e. The third-order valence-corrected chi connectivity index (χ3v) is 3.98. The lowest BCUT2D eigenvalue weighted by Gasteiger charge is -2.23. The summed E-state index contributed by atoms with van der Waals surface area (Å²) in [5, 5.41) is 7.46. The average Bonchev–Trinajstić information content (AvgIpc) is 2.51. The van der Waals surface area contributed by atoms with Crippen molar-refractivity contribution in [2.24, 2.45) is 0 Å². The van der Waals surface area contributed by atoms with Crippen molar-refractivity contribution in [3.05, 3.63) is 65.2 Å². The topological polar surface area (TPSA) is 28.5 Å². The molecule has 0 aromatic heterocycles. The van der Waals surface area contributed by atoms with Gasteiger partial charge in [-0.15, -0.1) is 0 Å². The fourth-order valence-electron chi connectivity index (χ4n) is 2.53. The van der Waals surface area contributed by atoms with Gasteiger partial charge in [-0.3, -0.25) is 0 Å². The summed E-state index contributed by atoms with van der Waals surface area (Å²) in [7, 11) is 4.30. The first kappa shape index (κ1) is 17.4. The van der Waals surface area contributed by atoms with Crippen LogP contribution in [0.2, 0.25) is 0 Å². The van der Waals surface area contributed by atoms with Gasteiger partial charge in [-0.1, -0.05) is 42.5 Å². The van der Waals surface area contributed by atoms with E-state index in [1.165, 1.54) is 21.6 Å². The predicted octanol–water partition coefficient (Wildman–Crippen LogP) is 2.48. The average molecular weight is 329 g/mol. The number of hydrogen-bond acceptors (Lipinski definition) is 1. The second-order valence-corrected chi connectivity index (χ2v) is 6.70. The van der Waals surface area contributed by atoms with Gasteiger partial charge in [0.1, 0.15) is 12.6 Å². The molecule has 0 heterocycles. The van der Waals surface area contributed by atoms with Crippen LogP contribution in [0.15, 0.2) is 48.5 Å². The van der Waals surface area contributed by atoms with Gasteiger partial charge in [0.25, 0.3) is 0 Å². The predicted molar refractivity (Wildman–Crippen MR) is 102 cm³/mol. The van der Waals surface area contributed by atoms with Gasteiger partial charge in [0.05, 0.1) is 14.1 Å². The number of quaternary nitrogens is 1. The molecule has 3 nitrogen and oxygen atoms in total. The maximum absolute atomic E-state index is 5.54. The molecule has 2 aromatic rings. The Balaban J connectivity index is 2.10. The van der Waals surface area contributed by atoms with Gasteiger partial charge in [-0.05, 0) is 48.8 Å². The lowest BCUT2D eigenvalue weighted by Crippen LogP contribution is -3.06. The van der Waals surface area contributed by atoms with Gasteiger partial charge in [0, 0.05) is 5.69 Å². The number of hydrogen-bond donors (Lipinski definition) is 3. The molecule has 4 heteroatoms. The van der Waals surface area contributed by atoms with Crippen LogP contribution in [0.25, 0.3) is 0 Å². The molecule has 0 spiro atoms. The van der Waals surface area contributed by atoms with E-state index in [4.69, 9.17) is 12.2 Å². The van der Waals surface area contributed by atoms with Crippen molar-refractivity contribution < 1.29 is 4.90 Å². The minimum atomic E-state index is 0.186. The molecular formula is C19H26N3S+. The van der Waals surface area contributed by atoms with Crippen molar-refractivity contribution in [2.75, 3.05) is 26.0 Å². The minimum Gasteiger partial charge on any atom is -0.350 e. The molecule has 0 aliphatic heterocycles. The summed E-state index contributed by atoms with van der Waals surface area (Å²) in [5.41, 5.74) is 4.72. The zero-order chi connectivity index (χ0) is 16.8. The van der Waals surface area contributed by atoms with Crippen molar-refractivity contribution in [3.8, 4) is 0 Å². The van der Waals surface area contributed by atoms with E-state index >= 15 is 0 Å². The Bertz CT molecular complexity index is 653. The number of aryl methyl sites for hydroxylation is 2. The molecule has 122 valence electrons. The van der Waals surface area contributed by atoms with Crippen molar-refractivity contribution in [3.63, 3.8) is 0 Å². The van der Waals surface area contributed by atoms with E-state index in [9.17, 15) is 0 Å². The van der Waals surface area contributed by atoms with Crippen LogP contribution >= 0.6 is 12.2 Å². The van der Waals surface area contributed by atoms with Crippen LogP contribution in [0, 0.1) is 13.8 Å². The molecule has 0 bridgehead atoms. The van der Waals surface area contributed by atoms with E-state index in [0.717, 1.165) is 12.2 Å². The molecule has 0 fully saturated rings. The van der Waals surface area contributed by atoms with Crippen molar-refractivity contribution in [2.45, 2.75) is 19.9 Å². The lowest BCUT2D eigenvalue weighted by molar-refractivity contribution is -0.860. The van der Waals surface area contributed by atoms with Crippen molar-refractivity contribution in [1.29, 1.82) is 0 Å². The first-order valence-electron chi connectivity index (χ1n) is 7.94. The van der Waals surface area contributed by atoms with E-state index in [0.29, 0.717) is 5.11 Å². The second kappa shape index (κ2) is 8.09. The molecule has 2 rings (SSSR count). The maximum Gasteiger partial charge on any atom is 0.171 e. The third kappa shape index (κ3) is 5.34. The summed E-state index contributed by atoms with van der Waals surface area (Å²) in [6, 6.07) is 17.0. The molecule has 2 aromatic carbocycles. The van der Waals surface area contributed by atoms with Gasteiger partial charge >= 0.3 is 0 Å². The highest BCUT2D eigenvalue weighted by atomic mass is 32.1. The molecule has 0 saturated carbocycles. The molecule has 1 atom stereocenters. The van der Waals surface area contributed by atoms with Crippen LogP contribution in [-0.2, 0) is 0 Å². The maximum atomic E-state index is 5.54. The molecular weight excluding hydrogens is 302 g/mol. The number of nitrogens with one attached hydrogen (secondary N) is 3. The zero-order valence-electron chi connectivity index (χ0n) is 14.3. The van der Waals surface area contributed by atoms with E-state index in [1.807, 2.05) is 6.07 Å². The van der Waals surface area contributed by atoms with E-state index in [1.54, 1.807) is 0 Å². The molecule has 23 heavy (non-hydrogen) atoms. The number of likely N-dealkylation sites (N-methyl/N-ethyl adjacent to an activating group) is 1. The van der Waals surface area contributed by atoms with Gasteiger partial charge in [0.15, 0.2) is 5.11 Å². The highest BCUT2D eigenvalue weighted by Gasteiger charge is 2.16. The zero-order valence-corrected chi connectivity index (χ0v) is 15.1. The number of anilines is 1. The quantitative estimate of drug-likeness (QED) is 0.737. The Kier molecular flexibility index (Phi) is 6.13. The number of thiocarbonyl (C=S) groups is 1. The summed E-state index contributed by atoms with van der Waals surface area (Å²) < 4.78 is 0. The fraction of sp³-hybridized carbons (Fsp3) is 0.316. The first-order chi connectivity index (χ1) is 11.0. The Morgan fingerprint density at radius 3 is 2.43 bits per heavy atom. The highest BCUT2D eigenvalue weighted by Crippen LogP contribution is 2.17. The normalized spacial score (nSPS) is 12.0. The third-order valence-electron chi connectivity index (χ3n) is 3.76. The van der Waals surface area contributed by atoms with Crippen LogP contribution < -0.4 is 15.5 Å². The Hall–Kier alpha value is -1.91. The lowest BCUT2D eigenvalue weighted by atomic mass is 10.1. The molecule has 0 unspecified atom stereocenters. The van der Waals surface area contributed by atoms with E-state index < -0.39 is 0 Å². The van der Waals surface area contributed by atoms with Gasteiger partial charge < -0.3 is 15.5 Å². The monoisotopic (exact) mass is 328 g/mol. The van der Waals surface area contributed by atoms with Crippen LogP contribution in [-0.4, -0.2) is 25.8 Å². The molecule has 0 radical (unpaired) electrons. The van der Waals surface area contributed by atoms with Gasteiger partial charge in [-0.2, -0.15) is 0 Å². The summed E-state index contributed by atoms with van der Waals surface area (Å²) in [4.78, 5) is 1.38. The van der Waals surface area contributed by atoms with Crippen LogP contribution in [0.4, 0.5) is 5.69 Å². The van der Waals surface area contributed by atoms with Gasteiger partial charge in [-0.25, -0.2) is 0 Å². The largest absolute Gasteiger partial charge is 0.350 e. The SMILES string of the molecule is Cc1ccc(C)c(NC(=S)N[C@H](C[NH+](C)C)c2ccccc2)c1. The highest BCUT2D eigenvalue weighted by molar-refractivity contribution is 7.80. The number of rotatable bonds is 5. The Morgan fingerprint density at radius 1 is 1.09 bits per heavy atom. The minimum absolute atomic E-state index is 0.186. The molecule has 0 aliphatic rings. The summed E-state index contributed by atoms with van der Waals surface area (Å²) in [5.74, 6) is 0. The standard InChI is InChI=1S/C19H25N3S/c1-14-10-11-15(2)17(12-14)20-19(23)21-18(13-22(3)4)16-8-6-5-7-9-16/h5-12,18H,13H2,1-4H3,(H2,20,21,23)/p+1/t18-/m1/s1. The van der Waals surface area contributed by atoms with Crippen LogP contribution in [0.1, 0.15) is 22.7 Å². The van der Waals surface area contributed by atoms with E-state index in [2.05, 4.69) is 81.0 Å². The van der Waals surface area contributed by atoms with Gasteiger partial charge in [0.2, 0.25) is 0 Å². The van der Waals surface area contributed by atoms with Crippen molar-refractivity contribution in [1.82, 2.24) is 5.32 Å². The summed E-state index contributed by atoms with van der Waals surface area (Å²) >= 11 is 5.54.